The van der Waals surface area contributed by atoms with Gasteiger partial charge in [-0.3, -0.25) is 4.79 Å². The molecule has 1 heterocycles. The fraction of sp³-hybridized carbons (Fsp3) is 0.455. The number of hydrogen-bond donors (Lipinski definition) is 1. The summed E-state index contributed by atoms with van der Waals surface area (Å²) in [6.45, 7) is 2.51. The molecule has 1 aromatic heterocycles. The molecule has 1 rings (SSSR count). The Kier molecular flexibility index (Phi) is 4.89. The van der Waals surface area contributed by atoms with Gasteiger partial charge in [0.25, 0.3) is 0 Å². The van der Waals surface area contributed by atoms with Crippen LogP contribution in [0.25, 0.3) is 0 Å². The van der Waals surface area contributed by atoms with Gasteiger partial charge in [0, 0.05) is 24.4 Å². The van der Waals surface area contributed by atoms with Crippen LogP contribution in [0.2, 0.25) is 0 Å². The number of likely N-dealkylation sites (N-methyl/N-ethyl adjacent to an activating group) is 1. The van der Waals surface area contributed by atoms with Crippen molar-refractivity contribution in [3.63, 3.8) is 0 Å². The van der Waals surface area contributed by atoms with E-state index in [1.54, 1.807) is 23.3 Å². The van der Waals surface area contributed by atoms with Gasteiger partial charge in [-0.2, -0.15) is 0 Å². The van der Waals surface area contributed by atoms with Gasteiger partial charge in [-0.15, -0.1) is 11.3 Å². The molecule has 3 nitrogen and oxygen atoms in total. The molecular weight excluding hydrogens is 240 g/mol. The van der Waals surface area contributed by atoms with Gasteiger partial charge in [-0.1, -0.05) is 25.2 Å². The van der Waals surface area contributed by atoms with Crippen molar-refractivity contribution in [2.75, 3.05) is 13.6 Å². The number of hydrogen-bond acceptors (Lipinski definition) is 3. The first-order valence-electron chi connectivity index (χ1n) is 5.06. The van der Waals surface area contributed by atoms with Crippen LogP contribution in [0.1, 0.15) is 11.8 Å². The average Bonchev–Trinajstić information content (AvgIpc) is 2.69. The molecule has 0 saturated carbocycles. The summed E-state index contributed by atoms with van der Waals surface area (Å²) < 4.78 is 0. The zero-order valence-electron chi connectivity index (χ0n) is 9.47. The molecule has 1 amide bonds. The summed E-state index contributed by atoms with van der Waals surface area (Å²) in [5.74, 6) is 0.165. The minimum atomic E-state index is 0.0623. The van der Waals surface area contributed by atoms with Gasteiger partial charge in [-0.25, -0.2) is 0 Å². The van der Waals surface area contributed by atoms with Crippen LogP contribution in [0.15, 0.2) is 17.5 Å². The maximum atomic E-state index is 11.8. The standard InChI is InChI=1S/C11H16N2OS2/c1-8(11(12)15)7-13(2)10(14)6-9-4-3-5-16-9/h3-5,8H,6-7H2,1-2H3,(H2,12,15). The maximum Gasteiger partial charge on any atom is 0.227 e. The van der Waals surface area contributed by atoms with E-state index < -0.39 is 0 Å². The Hall–Kier alpha value is -0.940. The van der Waals surface area contributed by atoms with Crippen molar-refractivity contribution in [2.45, 2.75) is 13.3 Å². The number of nitrogens with zero attached hydrogens (tertiary/aromatic N) is 1. The molecule has 88 valence electrons. The Morgan fingerprint density at radius 1 is 1.69 bits per heavy atom. The third kappa shape index (κ3) is 3.90. The largest absolute Gasteiger partial charge is 0.393 e. The van der Waals surface area contributed by atoms with Crippen LogP contribution >= 0.6 is 23.6 Å². The first-order chi connectivity index (χ1) is 7.50. The number of thiocarbonyl (C=S) groups is 1. The second kappa shape index (κ2) is 5.96. The highest BCUT2D eigenvalue weighted by molar-refractivity contribution is 7.80. The Labute approximate surface area is 105 Å². The van der Waals surface area contributed by atoms with Crippen molar-refractivity contribution in [3.8, 4) is 0 Å². The number of amides is 1. The first kappa shape index (κ1) is 13.1. The third-order valence-corrected chi connectivity index (χ3v) is 3.64. The normalized spacial score (nSPS) is 12.1. The molecule has 0 aliphatic heterocycles. The molecule has 2 N–H and O–H groups in total. The number of carbonyl (C=O) groups excluding carboxylic acids is 1. The number of thiophene rings is 1. The van der Waals surface area contributed by atoms with Crippen LogP contribution in [0.5, 0.6) is 0 Å². The van der Waals surface area contributed by atoms with Crippen LogP contribution in [0.4, 0.5) is 0 Å². The summed E-state index contributed by atoms with van der Waals surface area (Å²) >= 11 is 6.48. The van der Waals surface area contributed by atoms with Crippen LogP contribution in [0.3, 0.4) is 0 Å². The van der Waals surface area contributed by atoms with E-state index in [1.807, 2.05) is 24.4 Å². The highest BCUT2D eigenvalue weighted by Crippen LogP contribution is 2.10. The minimum absolute atomic E-state index is 0.0623. The van der Waals surface area contributed by atoms with Gasteiger partial charge in [-0.05, 0) is 11.4 Å². The van der Waals surface area contributed by atoms with E-state index in [0.29, 0.717) is 18.0 Å². The Morgan fingerprint density at radius 3 is 2.88 bits per heavy atom. The van der Waals surface area contributed by atoms with Crippen LogP contribution in [-0.4, -0.2) is 29.4 Å². The van der Waals surface area contributed by atoms with Gasteiger partial charge in [0.15, 0.2) is 0 Å². The molecule has 5 heteroatoms. The molecule has 0 saturated heterocycles. The first-order valence-corrected chi connectivity index (χ1v) is 6.35. The molecule has 0 aliphatic rings. The van der Waals surface area contributed by atoms with Crippen LogP contribution in [-0.2, 0) is 11.2 Å². The van der Waals surface area contributed by atoms with Gasteiger partial charge in [0.05, 0.1) is 11.4 Å². The molecular formula is C11H16N2OS2. The molecule has 1 unspecified atom stereocenters. The Bertz CT molecular complexity index is 362. The van der Waals surface area contributed by atoms with Gasteiger partial charge in [0.2, 0.25) is 5.91 Å². The average molecular weight is 256 g/mol. The summed E-state index contributed by atoms with van der Waals surface area (Å²) in [6, 6.07) is 3.91. The Balaban J connectivity index is 2.45. The lowest BCUT2D eigenvalue weighted by atomic mass is 10.1. The predicted octanol–water partition coefficient (Wildman–Crippen LogP) is 1.67. The van der Waals surface area contributed by atoms with E-state index >= 15 is 0 Å². The van der Waals surface area contributed by atoms with Crippen LogP contribution < -0.4 is 5.73 Å². The molecule has 0 radical (unpaired) electrons. The van der Waals surface area contributed by atoms with Crippen molar-refractivity contribution in [1.29, 1.82) is 0 Å². The highest BCUT2D eigenvalue weighted by Gasteiger charge is 2.14. The van der Waals surface area contributed by atoms with Crippen molar-refractivity contribution >= 4 is 34.5 Å². The van der Waals surface area contributed by atoms with E-state index in [4.69, 9.17) is 18.0 Å². The molecule has 1 aromatic rings. The Morgan fingerprint density at radius 2 is 2.38 bits per heavy atom. The minimum Gasteiger partial charge on any atom is -0.393 e. The second-order valence-corrected chi connectivity index (χ2v) is 5.34. The van der Waals surface area contributed by atoms with Crippen molar-refractivity contribution in [3.05, 3.63) is 22.4 Å². The predicted molar refractivity (Wildman–Crippen MR) is 71.6 cm³/mol. The molecule has 1 atom stereocenters. The topological polar surface area (TPSA) is 46.3 Å². The molecule has 0 fully saturated rings. The lowest BCUT2D eigenvalue weighted by Gasteiger charge is -2.20. The summed E-state index contributed by atoms with van der Waals surface area (Å²) in [6.07, 6.45) is 0.457. The maximum absolute atomic E-state index is 11.8. The fourth-order valence-corrected chi connectivity index (χ4v) is 2.07. The van der Waals surface area contributed by atoms with E-state index in [2.05, 4.69) is 0 Å². The lowest BCUT2D eigenvalue weighted by molar-refractivity contribution is -0.129. The second-order valence-electron chi connectivity index (χ2n) is 3.83. The smallest absolute Gasteiger partial charge is 0.227 e. The van der Waals surface area contributed by atoms with Crippen molar-refractivity contribution in [1.82, 2.24) is 4.90 Å². The number of nitrogens with two attached hydrogens (primary N) is 1. The van der Waals surface area contributed by atoms with Crippen molar-refractivity contribution in [2.24, 2.45) is 11.7 Å². The molecule has 0 spiro atoms. The monoisotopic (exact) mass is 256 g/mol. The SMILES string of the molecule is CC(CN(C)C(=O)Cc1cccs1)C(N)=S. The van der Waals surface area contributed by atoms with E-state index in [0.717, 1.165) is 4.88 Å². The van der Waals surface area contributed by atoms with E-state index in [9.17, 15) is 4.79 Å². The van der Waals surface area contributed by atoms with E-state index in [1.165, 1.54) is 0 Å². The summed E-state index contributed by atoms with van der Waals surface area (Å²) in [4.78, 5) is 15.0. The van der Waals surface area contributed by atoms with Gasteiger partial charge < -0.3 is 10.6 Å². The molecule has 0 aromatic carbocycles. The summed E-state index contributed by atoms with van der Waals surface area (Å²) in [5, 5.41) is 1.97. The van der Waals surface area contributed by atoms with E-state index in [-0.39, 0.29) is 11.8 Å². The number of rotatable bonds is 5. The molecule has 16 heavy (non-hydrogen) atoms. The zero-order valence-corrected chi connectivity index (χ0v) is 11.1. The zero-order chi connectivity index (χ0) is 12.1. The third-order valence-electron chi connectivity index (χ3n) is 2.36. The summed E-state index contributed by atoms with van der Waals surface area (Å²) in [7, 11) is 1.78. The van der Waals surface area contributed by atoms with Gasteiger partial charge >= 0.3 is 0 Å². The van der Waals surface area contributed by atoms with Crippen LogP contribution in [0, 0.1) is 5.92 Å². The summed E-state index contributed by atoms with van der Waals surface area (Å²) in [5.41, 5.74) is 5.52. The number of carbonyl (C=O) groups is 1. The highest BCUT2D eigenvalue weighted by atomic mass is 32.1. The molecule has 0 bridgehead atoms. The van der Waals surface area contributed by atoms with Gasteiger partial charge in [0.1, 0.15) is 0 Å². The fourth-order valence-electron chi connectivity index (χ4n) is 1.30. The quantitative estimate of drug-likeness (QED) is 0.815. The van der Waals surface area contributed by atoms with Crippen molar-refractivity contribution < 1.29 is 4.79 Å². The lowest BCUT2D eigenvalue weighted by Crippen LogP contribution is -2.36. The molecule has 0 aliphatic carbocycles.